The summed E-state index contributed by atoms with van der Waals surface area (Å²) in [6.45, 7) is 0. The van der Waals surface area contributed by atoms with Crippen molar-refractivity contribution in [3.63, 3.8) is 0 Å². The fourth-order valence-corrected chi connectivity index (χ4v) is 3.41. The van der Waals surface area contributed by atoms with Gasteiger partial charge in [-0.2, -0.15) is 0 Å². The van der Waals surface area contributed by atoms with Gasteiger partial charge in [-0.05, 0) is 31.0 Å². The number of amides is 1. The predicted octanol–water partition coefficient (Wildman–Crippen LogP) is 4.33. The number of hydrogen-bond donors (Lipinski definition) is 0. The maximum Gasteiger partial charge on any atom is 0.260 e. The van der Waals surface area contributed by atoms with E-state index in [9.17, 15) is 4.79 Å². The molecule has 3 heteroatoms. The highest BCUT2D eigenvalue weighted by atomic mass is 16.2. The van der Waals surface area contributed by atoms with Crippen LogP contribution in [0.5, 0.6) is 0 Å². The zero-order valence-corrected chi connectivity index (χ0v) is 13.5. The predicted molar refractivity (Wildman–Crippen MR) is 94.1 cm³/mol. The smallest absolute Gasteiger partial charge is 0.260 e. The number of aryl methyl sites for hydroxylation is 1. The average Bonchev–Trinajstić information content (AvgIpc) is 3.39. The first-order valence-electron chi connectivity index (χ1n) is 8.09. The number of rotatable bonds is 3. The molecule has 0 radical (unpaired) electrons. The molecule has 0 unspecified atom stereocenters. The molecule has 0 saturated heterocycles. The molecule has 0 N–H and O–H groups in total. The zero-order chi connectivity index (χ0) is 16.0. The van der Waals surface area contributed by atoms with Gasteiger partial charge < -0.3 is 9.47 Å². The van der Waals surface area contributed by atoms with E-state index in [1.807, 2.05) is 49.5 Å². The normalized spacial score (nSPS) is 14.2. The largest absolute Gasteiger partial charge is 0.347 e. The highest BCUT2D eigenvalue weighted by Crippen LogP contribution is 2.45. The molecule has 1 aliphatic carbocycles. The van der Waals surface area contributed by atoms with E-state index in [2.05, 4.69) is 23.7 Å². The van der Waals surface area contributed by atoms with Crippen LogP contribution in [0.1, 0.15) is 34.8 Å². The van der Waals surface area contributed by atoms with Crippen molar-refractivity contribution >= 4 is 22.5 Å². The fourth-order valence-electron chi connectivity index (χ4n) is 3.41. The number of carbonyl (C=O) groups excluding carboxylic acids is 1. The lowest BCUT2D eigenvalue weighted by atomic mass is 10.1. The monoisotopic (exact) mass is 304 g/mol. The lowest BCUT2D eigenvalue weighted by molar-refractivity contribution is 0.0993. The highest BCUT2D eigenvalue weighted by Gasteiger charge is 2.34. The summed E-state index contributed by atoms with van der Waals surface area (Å²) in [5.74, 6) is 0.602. The van der Waals surface area contributed by atoms with Crippen LogP contribution in [0.3, 0.4) is 0 Å². The zero-order valence-electron chi connectivity index (χ0n) is 13.5. The summed E-state index contributed by atoms with van der Waals surface area (Å²) in [6, 6.07) is 18.0. The number of para-hydroxylation sites is 2. The Balaban J connectivity index is 1.88. The van der Waals surface area contributed by atoms with Gasteiger partial charge in [0, 0.05) is 42.3 Å². The maximum absolute atomic E-state index is 13.2. The first kappa shape index (κ1) is 14.1. The Hall–Kier alpha value is -2.55. The lowest BCUT2D eigenvalue weighted by Crippen LogP contribution is -2.27. The van der Waals surface area contributed by atoms with Crippen LogP contribution in [0.4, 0.5) is 5.69 Å². The van der Waals surface area contributed by atoms with Gasteiger partial charge in [-0.25, -0.2) is 0 Å². The van der Waals surface area contributed by atoms with Crippen LogP contribution >= 0.6 is 0 Å². The van der Waals surface area contributed by atoms with Crippen molar-refractivity contribution in [2.24, 2.45) is 7.05 Å². The van der Waals surface area contributed by atoms with Crippen LogP contribution in [0.2, 0.25) is 0 Å². The molecule has 0 atom stereocenters. The van der Waals surface area contributed by atoms with E-state index >= 15 is 0 Å². The molecule has 0 aliphatic heterocycles. The van der Waals surface area contributed by atoms with Crippen LogP contribution in [0.25, 0.3) is 10.9 Å². The molecule has 1 heterocycles. The third kappa shape index (κ3) is 2.24. The van der Waals surface area contributed by atoms with Gasteiger partial charge in [-0.15, -0.1) is 0 Å². The molecule has 4 rings (SSSR count). The SMILES string of the molecule is CN(C(=O)c1c(C2CC2)n(C)c2ccccc12)c1ccccc1. The third-order valence-electron chi connectivity index (χ3n) is 4.78. The summed E-state index contributed by atoms with van der Waals surface area (Å²) in [7, 11) is 3.94. The lowest BCUT2D eigenvalue weighted by Gasteiger charge is -2.18. The van der Waals surface area contributed by atoms with Gasteiger partial charge in [0.25, 0.3) is 5.91 Å². The number of nitrogens with zero attached hydrogens (tertiary/aromatic N) is 2. The summed E-state index contributed by atoms with van der Waals surface area (Å²) in [4.78, 5) is 15.0. The molecule has 1 saturated carbocycles. The number of fused-ring (bicyclic) bond motifs is 1. The van der Waals surface area contributed by atoms with E-state index in [-0.39, 0.29) is 5.91 Å². The second-order valence-electron chi connectivity index (χ2n) is 6.31. The van der Waals surface area contributed by atoms with E-state index in [1.165, 1.54) is 18.5 Å². The van der Waals surface area contributed by atoms with Crippen molar-refractivity contribution in [3.05, 3.63) is 65.9 Å². The van der Waals surface area contributed by atoms with Gasteiger partial charge in [0.15, 0.2) is 0 Å². The Morgan fingerprint density at radius 2 is 1.70 bits per heavy atom. The van der Waals surface area contributed by atoms with Crippen molar-refractivity contribution in [2.75, 3.05) is 11.9 Å². The molecule has 1 aliphatic rings. The molecular formula is C20H20N2O. The minimum absolute atomic E-state index is 0.0786. The van der Waals surface area contributed by atoms with Crippen molar-refractivity contribution in [3.8, 4) is 0 Å². The summed E-state index contributed by atoms with van der Waals surface area (Å²) in [5.41, 5.74) is 4.13. The third-order valence-corrected chi connectivity index (χ3v) is 4.78. The standard InChI is InChI=1S/C20H20N2O/c1-21(15-8-4-3-5-9-15)20(23)18-16-10-6-7-11-17(16)22(2)19(18)14-12-13-14/h3-11,14H,12-13H2,1-2H3. The Morgan fingerprint density at radius 1 is 1.04 bits per heavy atom. The Kier molecular flexibility index (Phi) is 3.22. The van der Waals surface area contributed by atoms with Gasteiger partial charge in [0.1, 0.15) is 0 Å². The van der Waals surface area contributed by atoms with Crippen LogP contribution in [0, 0.1) is 0 Å². The van der Waals surface area contributed by atoms with E-state index in [1.54, 1.807) is 4.90 Å². The minimum Gasteiger partial charge on any atom is -0.347 e. The van der Waals surface area contributed by atoms with Gasteiger partial charge >= 0.3 is 0 Å². The molecule has 1 amide bonds. The van der Waals surface area contributed by atoms with E-state index in [0.29, 0.717) is 5.92 Å². The first-order chi connectivity index (χ1) is 11.2. The van der Waals surface area contributed by atoms with Crippen LogP contribution in [-0.2, 0) is 7.05 Å². The van der Waals surface area contributed by atoms with E-state index < -0.39 is 0 Å². The Morgan fingerprint density at radius 3 is 2.39 bits per heavy atom. The molecule has 3 aromatic rings. The van der Waals surface area contributed by atoms with Crippen molar-refractivity contribution in [2.45, 2.75) is 18.8 Å². The van der Waals surface area contributed by atoms with Gasteiger partial charge in [0.05, 0.1) is 5.56 Å². The summed E-state index contributed by atoms with van der Waals surface area (Å²) in [6.07, 6.45) is 2.36. The van der Waals surface area contributed by atoms with Gasteiger partial charge in [-0.1, -0.05) is 36.4 Å². The molecule has 3 nitrogen and oxygen atoms in total. The number of hydrogen-bond acceptors (Lipinski definition) is 1. The van der Waals surface area contributed by atoms with Gasteiger partial charge in [-0.3, -0.25) is 4.79 Å². The minimum atomic E-state index is 0.0786. The molecule has 0 spiro atoms. The van der Waals surface area contributed by atoms with Crippen molar-refractivity contribution in [1.82, 2.24) is 4.57 Å². The number of aromatic nitrogens is 1. The van der Waals surface area contributed by atoms with E-state index in [0.717, 1.165) is 22.2 Å². The molecule has 116 valence electrons. The fraction of sp³-hybridized carbons (Fsp3) is 0.250. The maximum atomic E-state index is 13.2. The molecule has 0 bridgehead atoms. The van der Waals surface area contributed by atoms with E-state index in [4.69, 9.17) is 0 Å². The van der Waals surface area contributed by atoms with Crippen LogP contribution in [0.15, 0.2) is 54.6 Å². The first-order valence-corrected chi connectivity index (χ1v) is 8.09. The van der Waals surface area contributed by atoms with Crippen LogP contribution < -0.4 is 4.90 Å². The molecular weight excluding hydrogens is 284 g/mol. The summed E-state index contributed by atoms with van der Waals surface area (Å²) < 4.78 is 2.21. The number of carbonyl (C=O) groups is 1. The Labute approximate surface area is 136 Å². The Bertz CT molecular complexity index is 875. The molecule has 2 aromatic carbocycles. The molecule has 1 aromatic heterocycles. The second-order valence-corrected chi connectivity index (χ2v) is 6.31. The van der Waals surface area contributed by atoms with Crippen LogP contribution in [-0.4, -0.2) is 17.5 Å². The van der Waals surface area contributed by atoms with Gasteiger partial charge in [0.2, 0.25) is 0 Å². The summed E-state index contributed by atoms with van der Waals surface area (Å²) >= 11 is 0. The molecule has 1 fully saturated rings. The second kappa shape index (κ2) is 5.27. The summed E-state index contributed by atoms with van der Waals surface area (Å²) in [5, 5.41) is 1.06. The van der Waals surface area contributed by atoms with Crippen molar-refractivity contribution < 1.29 is 4.79 Å². The average molecular weight is 304 g/mol. The quantitative estimate of drug-likeness (QED) is 0.707. The molecule has 23 heavy (non-hydrogen) atoms. The number of benzene rings is 2. The highest BCUT2D eigenvalue weighted by molar-refractivity contribution is 6.15. The number of anilines is 1. The topological polar surface area (TPSA) is 25.2 Å². The van der Waals surface area contributed by atoms with Crippen molar-refractivity contribution in [1.29, 1.82) is 0 Å².